The van der Waals surface area contributed by atoms with E-state index in [9.17, 15) is 0 Å². The molecule has 4 rings (SSSR count). The molecule has 0 spiro atoms. The molecule has 0 saturated carbocycles. The van der Waals surface area contributed by atoms with E-state index in [0.29, 0.717) is 22.6 Å². The number of hydrogen-bond donors (Lipinski definition) is 0. The van der Waals surface area contributed by atoms with Crippen molar-refractivity contribution in [2.75, 3.05) is 0 Å². The molecule has 4 aromatic rings. The van der Waals surface area contributed by atoms with Gasteiger partial charge in [0, 0.05) is 37.8 Å². The Labute approximate surface area is 151 Å². The molecule has 0 amide bonds. The highest BCUT2D eigenvalue weighted by Gasteiger charge is 2.15. The summed E-state index contributed by atoms with van der Waals surface area (Å²) in [7, 11) is 0. The van der Waals surface area contributed by atoms with Gasteiger partial charge in [-0.15, -0.1) is 0 Å². The van der Waals surface area contributed by atoms with Crippen LogP contribution in [0.3, 0.4) is 0 Å². The number of fused-ring (bicyclic) bond motifs is 3. The highest BCUT2D eigenvalue weighted by Crippen LogP contribution is 2.35. The van der Waals surface area contributed by atoms with Crippen LogP contribution in [0.15, 0.2) is 47.0 Å². The molecular weight excluding hydrogens is 296 g/mol. The number of nitrogens with zero attached hydrogens (tertiary/aromatic N) is 2. The van der Waals surface area contributed by atoms with Crippen LogP contribution in [0.1, 0.15) is 46.1 Å². The van der Waals surface area contributed by atoms with Crippen molar-refractivity contribution < 1.29 is 14.0 Å². The monoisotopic (exact) mass is 323 g/mol. The van der Waals surface area contributed by atoms with Gasteiger partial charge in [-0.2, -0.15) is 0 Å². The maximum Gasteiger partial charge on any atom is 0.227 e. The maximum atomic E-state index is 8.36. The van der Waals surface area contributed by atoms with Crippen molar-refractivity contribution in [2.24, 2.45) is 0 Å². The summed E-state index contributed by atoms with van der Waals surface area (Å²) in [6.45, 7) is -2.31. The fourth-order valence-corrected chi connectivity index (χ4v) is 2.87. The first kappa shape index (κ1) is 8.97. The predicted octanol–water partition coefficient (Wildman–Crippen LogP) is 5.78. The third-order valence-electron chi connectivity index (χ3n) is 4.09. The average Bonchev–Trinajstić information content (AvgIpc) is 3.03. The first-order valence-electron chi connectivity index (χ1n) is 11.1. The van der Waals surface area contributed by atoms with Gasteiger partial charge in [-0.1, -0.05) is 25.9 Å². The number of para-hydroxylation sites is 1. The predicted molar refractivity (Wildman–Crippen MR) is 98.3 cm³/mol. The Hall–Kier alpha value is -2.68. The van der Waals surface area contributed by atoms with Crippen LogP contribution in [-0.2, 0) is 0 Å². The molecule has 0 N–H and O–H groups in total. The van der Waals surface area contributed by atoms with Crippen LogP contribution in [0.5, 0.6) is 0 Å². The largest absolute Gasteiger partial charge is 0.437 e. The lowest BCUT2D eigenvalue weighted by Crippen LogP contribution is -1.95. The molecule has 3 aromatic heterocycles. The first-order chi connectivity index (χ1) is 14.3. The molecule has 3 heteroatoms. The van der Waals surface area contributed by atoms with Crippen molar-refractivity contribution in [1.82, 2.24) is 9.97 Å². The SMILES string of the molecule is [2H]C([2H])([2H])c1cc(-c2cccc3c2oc2nc(C)ccc23)ncc1C([2H])(C)C([2H])([2H])[2H]. The van der Waals surface area contributed by atoms with E-state index in [1.54, 1.807) is 6.07 Å². The Morgan fingerprint density at radius 2 is 2.12 bits per heavy atom. The molecule has 1 aromatic carbocycles. The summed E-state index contributed by atoms with van der Waals surface area (Å²) in [6, 6.07) is 10.6. The summed E-state index contributed by atoms with van der Waals surface area (Å²) >= 11 is 0. The zero-order chi connectivity index (χ0) is 22.8. The zero-order valence-corrected chi connectivity index (χ0v) is 13.3. The minimum atomic E-state index is -2.72. The van der Waals surface area contributed by atoms with Gasteiger partial charge in [0.1, 0.15) is 5.58 Å². The summed E-state index contributed by atoms with van der Waals surface area (Å²) in [5, 5.41) is 1.64. The molecule has 24 heavy (non-hydrogen) atoms. The standard InChI is InChI=1S/C21H20N2O/c1-12(2)18-11-22-19(10-13(18)3)17-7-5-6-15-16-9-8-14(4)23-21(16)24-20(15)17/h5-12H,1-4H3/i1D3,3D3,12D. The summed E-state index contributed by atoms with van der Waals surface area (Å²) in [4.78, 5) is 8.75. The normalized spacial score (nSPS) is 19.5. The van der Waals surface area contributed by atoms with Gasteiger partial charge in [0.2, 0.25) is 5.71 Å². The van der Waals surface area contributed by atoms with E-state index in [2.05, 4.69) is 9.97 Å². The van der Waals surface area contributed by atoms with Crippen LogP contribution in [-0.4, -0.2) is 9.97 Å². The molecule has 0 aliphatic carbocycles. The first-order valence-corrected chi connectivity index (χ1v) is 7.61. The Bertz CT molecular complexity index is 1300. The van der Waals surface area contributed by atoms with Crippen LogP contribution >= 0.6 is 0 Å². The van der Waals surface area contributed by atoms with Crippen molar-refractivity contribution in [3.05, 3.63) is 59.4 Å². The zero-order valence-electron chi connectivity index (χ0n) is 20.3. The second-order valence-electron chi connectivity index (χ2n) is 5.83. The van der Waals surface area contributed by atoms with Crippen LogP contribution in [0, 0.1) is 13.8 Å². The molecular formula is C21H20N2O. The Morgan fingerprint density at radius 3 is 2.96 bits per heavy atom. The summed E-state index contributed by atoms with van der Waals surface area (Å²) in [6.07, 6.45) is 1.18. The number of pyridine rings is 2. The highest BCUT2D eigenvalue weighted by molar-refractivity contribution is 6.08. The average molecular weight is 323 g/mol. The van der Waals surface area contributed by atoms with Gasteiger partial charge in [0.25, 0.3) is 0 Å². The van der Waals surface area contributed by atoms with E-state index in [4.69, 9.17) is 14.0 Å². The van der Waals surface area contributed by atoms with Crippen LogP contribution in [0.2, 0.25) is 0 Å². The van der Waals surface area contributed by atoms with E-state index < -0.39 is 19.6 Å². The second kappa shape index (κ2) is 5.45. The molecule has 0 fully saturated rings. The van der Waals surface area contributed by atoms with Gasteiger partial charge < -0.3 is 4.42 Å². The molecule has 3 heterocycles. The van der Waals surface area contributed by atoms with Gasteiger partial charge in [-0.3, -0.25) is 4.98 Å². The Morgan fingerprint density at radius 1 is 1.21 bits per heavy atom. The van der Waals surface area contributed by atoms with E-state index in [1.165, 1.54) is 19.2 Å². The van der Waals surface area contributed by atoms with Gasteiger partial charge >= 0.3 is 0 Å². The summed E-state index contributed by atoms with van der Waals surface area (Å²) < 4.78 is 61.2. The molecule has 3 nitrogen and oxygen atoms in total. The van der Waals surface area contributed by atoms with Crippen molar-refractivity contribution in [3.63, 3.8) is 0 Å². The molecule has 120 valence electrons. The number of aromatic nitrogens is 2. The maximum absolute atomic E-state index is 8.36. The minimum absolute atomic E-state index is 0.148. The molecule has 1 atom stereocenters. The smallest absolute Gasteiger partial charge is 0.227 e. The van der Waals surface area contributed by atoms with Gasteiger partial charge in [-0.25, -0.2) is 4.98 Å². The van der Waals surface area contributed by atoms with Gasteiger partial charge in [0.15, 0.2) is 0 Å². The minimum Gasteiger partial charge on any atom is -0.437 e. The van der Waals surface area contributed by atoms with Crippen LogP contribution in [0.4, 0.5) is 0 Å². The fourth-order valence-electron chi connectivity index (χ4n) is 2.87. The third kappa shape index (κ3) is 2.28. The van der Waals surface area contributed by atoms with Crippen LogP contribution in [0.25, 0.3) is 33.3 Å². The molecule has 0 saturated heterocycles. The summed E-state index contributed by atoms with van der Waals surface area (Å²) in [5.41, 5.74) is 2.30. The summed E-state index contributed by atoms with van der Waals surface area (Å²) in [5.74, 6) is -2.13. The second-order valence-corrected chi connectivity index (χ2v) is 5.83. The third-order valence-corrected chi connectivity index (χ3v) is 4.09. The fraction of sp³-hybridized carbons (Fsp3) is 0.238. The lowest BCUT2D eigenvalue weighted by Gasteiger charge is -2.11. The number of aryl methyl sites for hydroxylation is 2. The Kier molecular flexibility index (Phi) is 2.04. The lowest BCUT2D eigenvalue weighted by atomic mass is 9.98. The lowest BCUT2D eigenvalue weighted by molar-refractivity contribution is 0.653. The van der Waals surface area contributed by atoms with Crippen molar-refractivity contribution in [1.29, 1.82) is 0 Å². The van der Waals surface area contributed by atoms with E-state index in [1.807, 2.05) is 31.2 Å². The number of hydrogen-bond acceptors (Lipinski definition) is 3. The van der Waals surface area contributed by atoms with Crippen molar-refractivity contribution in [3.8, 4) is 11.3 Å². The quantitative estimate of drug-likeness (QED) is 0.469. The Balaban J connectivity index is 1.98. The molecule has 0 aliphatic rings. The number of rotatable bonds is 2. The van der Waals surface area contributed by atoms with Crippen molar-refractivity contribution in [2.45, 2.75) is 33.4 Å². The number of furan rings is 1. The molecule has 0 radical (unpaired) electrons. The van der Waals surface area contributed by atoms with Crippen LogP contribution < -0.4 is 0 Å². The van der Waals surface area contributed by atoms with Gasteiger partial charge in [-0.05, 0) is 55.1 Å². The molecule has 1 unspecified atom stereocenters. The molecule has 0 bridgehead atoms. The highest BCUT2D eigenvalue weighted by atomic mass is 16.3. The molecule has 0 aliphatic heterocycles. The number of benzene rings is 1. The van der Waals surface area contributed by atoms with E-state index >= 15 is 0 Å². The van der Waals surface area contributed by atoms with Gasteiger partial charge in [0.05, 0.1) is 5.69 Å². The van der Waals surface area contributed by atoms with E-state index in [-0.39, 0.29) is 11.1 Å². The van der Waals surface area contributed by atoms with E-state index in [0.717, 1.165) is 16.5 Å². The van der Waals surface area contributed by atoms with Crippen molar-refractivity contribution >= 4 is 22.1 Å². The topological polar surface area (TPSA) is 38.9 Å².